The quantitative estimate of drug-likeness (QED) is 0.761. The lowest BCUT2D eigenvalue weighted by molar-refractivity contribution is 0.0746. The summed E-state index contributed by atoms with van der Waals surface area (Å²) >= 11 is 0. The maximum Gasteiger partial charge on any atom is 0.253 e. The van der Waals surface area contributed by atoms with E-state index in [0.717, 1.165) is 41.4 Å². The Hall–Kier alpha value is -3.28. The molecule has 0 spiro atoms. The highest BCUT2D eigenvalue weighted by molar-refractivity contribution is 5.94. The molecule has 1 aliphatic rings. The van der Waals surface area contributed by atoms with Gasteiger partial charge in [0, 0.05) is 57.6 Å². The minimum Gasteiger partial charge on any atom is -0.378 e. The summed E-state index contributed by atoms with van der Waals surface area (Å²) < 4.78 is 0. The van der Waals surface area contributed by atoms with E-state index in [9.17, 15) is 4.79 Å². The maximum absolute atomic E-state index is 12.8. The van der Waals surface area contributed by atoms with Crippen LogP contribution in [0.5, 0.6) is 0 Å². The molecule has 1 saturated heterocycles. The van der Waals surface area contributed by atoms with Crippen LogP contribution in [-0.2, 0) is 0 Å². The van der Waals surface area contributed by atoms with Crippen LogP contribution in [0, 0.1) is 0 Å². The van der Waals surface area contributed by atoms with E-state index in [0.29, 0.717) is 13.1 Å². The number of H-pyrrole nitrogens is 1. The van der Waals surface area contributed by atoms with E-state index in [4.69, 9.17) is 0 Å². The van der Waals surface area contributed by atoms with E-state index in [-0.39, 0.29) is 5.91 Å². The van der Waals surface area contributed by atoms with Gasteiger partial charge >= 0.3 is 0 Å². The molecule has 0 aliphatic carbocycles. The summed E-state index contributed by atoms with van der Waals surface area (Å²) in [6.45, 7) is 2.95. The Labute approximate surface area is 165 Å². The van der Waals surface area contributed by atoms with Gasteiger partial charge in [0.15, 0.2) is 5.82 Å². The molecule has 3 aromatic rings. The molecule has 0 atom stereocenters. The smallest absolute Gasteiger partial charge is 0.253 e. The van der Waals surface area contributed by atoms with E-state index < -0.39 is 0 Å². The lowest BCUT2D eigenvalue weighted by atomic mass is 10.1. The van der Waals surface area contributed by atoms with Gasteiger partial charge in [-0.2, -0.15) is 5.10 Å². The third kappa shape index (κ3) is 3.71. The normalized spacial score (nSPS) is 14.2. The molecule has 144 valence electrons. The van der Waals surface area contributed by atoms with Crippen molar-refractivity contribution < 1.29 is 4.79 Å². The van der Waals surface area contributed by atoms with Gasteiger partial charge in [-0.3, -0.25) is 9.89 Å². The van der Waals surface area contributed by atoms with Gasteiger partial charge in [0.05, 0.1) is 5.69 Å². The molecule has 2 aromatic carbocycles. The third-order valence-electron chi connectivity index (χ3n) is 5.17. The van der Waals surface area contributed by atoms with Crippen LogP contribution in [0.4, 0.5) is 11.5 Å². The molecular formula is C22H25N5O. The second kappa shape index (κ2) is 7.76. The largest absolute Gasteiger partial charge is 0.378 e. The maximum atomic E-state index is 12.8. The van der Waals surface area contributed by atoms with Crippen molar-refractivity contribution in [3.8, 4) is 11.3 Å². The second-order valence-corrected chi connectivity index (χ2v) is 7.23. The van der Waals surface area contributed by atoms with E-state index in [2.05, 4.69) is 33.3 Å². The number of nitrogens with zero attached hydrogens (tertiary/aromatic N) is 4. The first-order valence-electron chi connectivity index (χ1n) is 9.54. The van der Waals surface area contributed by atoms with Crippen LogP contribution in [-0.4, -0.2) is 61.3 Å². The Kier molecular flexibility index (Phi) is 5.02. The molecule has 0 radical (unpaired) electrons. The summed E-state index contributed by atoms with van der Waals surface area (Å²) in [5, 5.41) is 7.58. The molecule has 28 heavy (non-hydrogen) atoms. The topological polar surface area (TPSA) is 55.5 Å². The van der Waals surface area contributed by atoms with Gasteiger partial charge in [0.1, 0.15) is 0 Å². The van der Waals surface area contributed by atoms with Crippen molar-refractivity contribution in [3.05, 3.63) is 66.2 Å². The number of aromatic amines is 1. The SMILES string of the molecule is CN(C)c1ccc(C(=O)N2CCN(c3cc(-c4ccccc4)[nH]n3)CC2)cc1. The second-order valence-electron chi connectivity index (χ2n) is 7.23. The molecule has 0 unspecified atom stereocenters. The molecular weight excluding hydrogens is 350 g/mol. The molecule has 1 amide bonds. The number of nitrogens with one attached hydrogen (secondary N) is 1. The first-order chi connectivity index (χ1) is 13.6. The number of carbonyl (C=O) groups is 1. The number of hydrogen-bond donors (Lipinski definition) is 1. The van der Waals surface area contributed by atoms with Crippen molar-refractivity contribution >= 4 is 17.4 Å². The zero-order valence-electron chi connectivity index (χ0n) is 16.3. The number of carbonyl (C=O) groups excluding carboxylic acids is 1. The number of hydrogen-bond acceptors (Lipinski definition) is 4. The Balaban J connectivity index is 1.38. The molecule has 1 aromatic heterocycles. The summed E-state index contributed by atoms with van der Waals surface area (Å²) in [7, 11) is 3.99. The molecule has 4 rings (SSSR count). The first-order valence-corrected chi connectivity index (χ1v) is 9.54. The Morgan fingerprint density at radius 2 is 1.64 bits per heavy atom. The summed E-state index contributed by atoms with van der Waals surface area (Å²) in [4.78, 5) is 19.0. The van der Waals surface area contributed by atoms with Gasteiger partial charge in [-0.05, 0) is 29.8 Å². The number of piperazine rings is 1. The highest BCUT2D eigenvalue weighted by Gasteiger charge is 2.23. The van der Waals surface area contributed by atoms with Crippen LogP contribution in [0.3, 0.4) is 0 Å². The molecule has 6 nitrogen and oxygen atoms in total. The number of aromatic nitrogens is 2. The van der Waals surface area contributed by atoms with Gasteiger partial charge in [-0.1, -0.05) is 30.3 Å². The van der Waals surface area contributed by atoms with Gasteiger partial charge in [0.2, 0.25) is 0 Å². The Bertz CT molecular complexity index is 925. The molecule has 0 saturated carbocycles. The van der Waals surface area contributed by atoms with Crippen molar-refractivity contribution in [2.24, 2.45) is 0 Å². The molecule has 1 aliphatic heterocycles. The van der Waals surface area contributed by atoms with Crippen LogP contribution >= 0.6 is 0 Å². The monoisotopic (exact) mass is 375 g/mol. The van der Waals surface area contributed by atoms with E-state index in [1.54, 1.807) is 0 Å². The molecule has 6 heteroatoms. The highest BCUT2D eigenvalue weighted by atomic mass is 16.2. The fraction of sp³-hybridized carbons (Fsp3) is 0.273. The number of anilines is 2. The summed E-state index contributed by atoms with van der Waals surface area (Å²) in [5.74, 6) is 1.03. The zero-order valence-corrected chi connectivity index (χ0v) is 16.3. The number of rotatable bonds is 4. The lowest BCUT2D eigenvalue weighted by Gasteiger charge is -2.34. The molecule has 2 heterocycles. The summed E-state index contributed by atoms with van der Waals surface area (Å²) in [6, 6.07) is 20.0. The predicted octanol–water partition coefficient (Wildman–Crippen LogP) is 3.11. The van der Waals surface area contributed by atoms with E-state index in [1.807, 2.05) is 66.4 Å². The van der Waals surface area contributed by atoms with Crippen LogP contribution < -0.4 is 9.80 Å². The van der Waals surface area contributed by atoms with Crippen LogP contribution in [0.2, 0.25) is 0 Å². The predicted molar refractivity (Wildman–Crippen MR) is 113 cm³/mol. The summed E-state index contributed by atoms with van der Waals surface area (Å²) in [6.07, 6.45) is 0. The highest BCUT2D eigenvalue weighted by Crippen LogP contribution is 2.23. The Morgan fingerprint density at radius 3 is 2.29 bits per heavy atom. The molecule has 1 N–H and O–H groups in total. The summed E-state index contributed by atoms with van der Waals surface area (Å²) in [5.41, 5.74) is 3.96. The number of amides is 1. The third-order valence-corrected chi connectivity index (χ3v) is 5.17. The van der Waals surface area contributed by atoms with Gasteiger partial charge in [0.25, 0.3) is 5.91 Å². The van der Waals surface area contributed by atoms with Gasteiger partial charge in [-0.25, -0.2) is 0 Å². The minimum absolute atomic E-state index is 0.0944. The van der Waals surface area contributed by atoms with Crippen LogP contribution in [0.25, 0.3) is 11.3 Å². The van der Waals surface area contributed by atoms with Crippen molar-refractivity contribution in [1.82, 2.24) is 15.1 Å². The van der Waals surface area contributed by atoms with Crippen molar-refractivity contribution in [1.29, 1.82) is 0 Å². The minimum atomic E-state index is 0.0944. The van der Waals surface area contributed by atoms with Crippen LogP contribution in [0.1, 0.15) is 10.4 Å². The van der Waals surface area contributed by atoms with E-state index in [1.165, 1.54) is 0 Å². The van der Waals surface area contributed by atoms with Crippen LogP contribution in [0.15, 0.2) is 60.7 Å². The number of benzene rings is 2. The fourth-order valence-corrected chi connectivity index (χ4v) is 3.46. The average molecular weight is 375 g/mol. The fourth-order valence-electron chi connectivity index (χ4n) is 3.46. The molecule has 0 bridgehead atoms. The standard InChI is InChI=1S/C22H25N5O/c1-25(2)19-10-8-18(9-11-19)22(28)27-14-12-26(13-15-27)21-16-20(23-24-21)17-6-4-3-5-7-17/h3-11,16H,12-15H2,1-2H3,(H,23,24). The van der Waals surface area contributed by atoms with Gasteiger partial charge in [-0.15, -0.1) is 0 Å². The first kappa shape index (κ1) is 18.1. The Morgan fingerprint density at radius 1 is 0.964 bits per heavy atom. The van der Waals surface area contributed by atoms with Gasteiger partial charge < -0.3 is 14.7 Å². The lowest BCUT2D eigenvalue weighted by Crippen LogP contribution is -2.48. The van der Waals surface area contributed by atoms with Crippen molar-refractivity contribution in [2.45, 2.75) is 0 Å². The zero-order chi connectivity index (χ0) is 19.5. The van der Waals surface area contributed by atoms with Crippen molar-refractivity contribution in [3.63, 3.8) is 0 Å². The van der Waals surface area contributed by atoms with Crippen molar-refractivity contribution in [2.75, 3.05) is 50.1 Å². The van der Waals surface area contributed by atoms with E-state index >= 15 is 0 Å². The average Bonchev–Trinajstić information content (AvgIpc) is 3.24. The molecule has 1 fully saturated rings.